The molecule has 0 bridgehead atoms. The van der Waals surface area contributed by atoms with Gasteiger partial charge in [0.1, 0.15) is 13.2 Å². The summed E-state index contributed by atoms with van der Waals surface area (Å²) in [6.45, 7) is 6.69. The minimum atomic E-state index is -0.777. The standard InChI is InChI=1S/C74H136O6/c1-4-7-10-13-16-19-22-25-28-31-34-37-40-43-46-49-52-55-58-61-64-67-73(76)79-70-71(69-78-72(75)66-63-60-57-54-51-48-45-42-39-36-33-30-27-24-21-18-15-12-9-6-3)80-74(77)68-65-62-59-56-53-50-47-44-41-38-35-32-29-26-23-20-17-14-11-8-5-2/h22-23,25-26,31-32,34-35,71H,4-21,24,27-30,33,36-70H2,1-3H3/b25-22-,26-23-,34-31-,35-32-. The molecule has 0 saturated heterocycles. The Bertz CT molecular complexity index is 1380. The molecule has 1 unspecified atom stereocenters. The number of unbranched alkanes of at least 4 members (excludes halogenated alkanes) is 47. The molecule has 80 heavy (non-hydrogen) atoms. The maximum Gasteiger partial charge on any atom is 0.306 e. The van der Waals surface area contributed by atoms with Crippen molar-refractivity contribution in [3.05, 3.63) is 48.6 Å². The topological polar surface area (TPSA) is 78.9 Å². The fourth-order valence-corrected chi connectivity index (χ4v) is 10.7. The Morgan fingerprint density at radius 3 is 0.688 bits per heavy atom. The second-order valence-corrected chi connectivity index (χ2v) is 24.1. The molecule has 1 atom stereocenters. The van der Waals surface area contributed by atoms with Crippen LogP contribution in [0.5, 0.6) is 0 Å². The minimum Gasteiger partial charge on any atom is -0.462 e. The molecule has 6 nitrogen and oxygen atoms in total. The van der Waals surface area contributed by atoms with E-state index in [1.807, 2.05) is 0 Å². The normalized spacial score (nSPS) is 12.3. The number of ether oxygens (including phenoxy) is 3. The number of rotatable bonds is 66. The fraction of sp³-hybridized carbons (Fsp3) is 0.851. The van der Waals surface area contributed by atoms with Gasteiger partial charge in [-0.3, -0.25) is 14.4 Å². The maximum absolute atomic E-state index is 13.0. The Morgan fingerprint density at radius 1 is 0.250 bits per heavy atom. The first kappa shape index (κ1) is 77.4. The van der Waals surface area contributed by atoms with Crippen LogP contribution >= 0.6 is 0 Å². The largest absolute Gasteiger partial charge is 0.462 e. The van der Waals surface area contributed by atoms with E-state index in [9.17, 15) is 14.4 Å². The molecule has 0 radical (unpaired) electrons. The average Bonchev–Trinajstić information content (AvgIpc) is 3.46. The third-order valence-corrected chi connectivity index (χ3v) is 16.1. The summed E-state index contributed by atoms with van der Waals surface area (Å²) in [5.74, 6) is -0.852. The van der Waals surface area contributed by atoms with Gasteiger partial charge in [0.2, 0.25) is 0 Å². The Labute approximate surface area is 498 Å². The lowest BCUT2D eigenvalue weighted by molar-refractivity contribution is -0.167. The van der Waals surface area contributed by atoms with E-state index in [1.54, 1.807) is 0 Å². The van der Waals surface area contributed by atoms with Crippen LogP contribution in [0.15, 0.2) is 48.6 Å². The van der Waals surface area contributed by atoms with Crippen LogP contribution < -0.4 is 0 Å². The fourth-order valence-electron chi connectivity index (χ4n) is 10.7. The van der Waals surface area contributed by atoms with E-state index in [1.165, 1.54) is 276 Å². The van der Waals surface area contributed by atoms with Crippen LogP contribution in [-0.2, 0) is 28.6 Å². The van der Waals surface area contributed by atoms with Crippen molar-refractivity contribution in [2.75, 3.05) is 13.2 Å². The maximum atomic E-state index is 13.0. The summed E-state index contributed by atoms with van der Waals surface area (Å²) >= 11 is 0. The molecule has 0 fully saturated rings. The van der Waals surface area contributed by atoms with E-state index in [0.717, 1.165) is 70.6 Å². The molecule has 6 heteroatoms. The Kier molecular flexibility index (Phi) is 66.6. The second kappa shape index (κ2) is 68.9. The molecule has 0 amide bonds. The molecule has 0 aliphatic rings. The highest BCUT2D eigenvalue weighted by Gasteiger charge is 2.19. The molecule has 0 aromatic rings. The lowest BCUT2D eigenvalue weighted by Crippen LogP contribution is -2.30. The van der Waals surface area contributed by atoms with Crippen LogP contribution in [0.25, 0.3) is 0 Å². The first-order valence-corrected chi connectivity index (χ1v) is 35.6. The number of hydrogen-bond donors (Lipinski definition) is 0. The molecule has 0 aromatic carbocycles. The highest BCUT2D eigenvalue weighted by molar-refractivity contribution is 5.71. The van der Waals surface area contributed by atoms with Gasteiger partial charge in [-0.25, -0.2) is 0 Å². The highest BCUT2D eigenvalue weighted by atomic mass is 16.6. The number of esters is 3. The molecule has 0 N–H and O–H groups in total. The Hall–Kier alpha value is -2.63. The molecule has 0 saturated carbocycles. The van der Waals surface area contributed by atoms with Crippen molar-refractivity contribution in [2.24, 2.45) is 0 Å². The van der Waals surface area contributed by atoms with E-state index >= 15 is 0 Å². The van der Waals surface area contributed by atoms with Crippen molar-refractivity contribution in [2.45, 2.75) is 393 Å². The molecular weight excluding hydrogens is 985 g/mol. The zero-order valence-corrected chi connectivity index (χ0v) is 53.9. The van der Waals surface area contributed by atoms with Gasteiger partial charge in [-0.1, -0.05) is 333 Å². The summed E-state index contributed by atoms with van der Waals surface area (Å²) < 4.78 is 17.0. The highest BCUT2D eigenvalue weighted by Crippen LogP contribution is 2.18. The first-order valence-electron chi connectivity index (χ1n) is 35.6. The van der Waals surface area contributed by atoms with E-state index in [0.29, 0.717) is 19.3 Å². The van der Waals surface area contributed by atoms with Crippen molar-refractivity contribution in [3.8, 4) is 0 Å². The van der Waals surface area contributed by atoms with Crippen molar-refractivity contribution >= 4 is 17.9 Å². The van der Waals surface area contributed by atoms with Crippen molar-refractivity contribution in [1.82, 2.24) is 0 Å². The van der Waals surface area contributed by atoms with Crippen molar-refractivity contribution in [3.63, 3.8) is 0 Å². The molecule has 0 spiro atoms. The zero-order valence-electron chi connectivity index (χ0n) is 53.9. The van der Waals surface area contributed by atoms with Gasteiger partial charge < -0.3 is 14.2 Å². The molecule has 0 heterocycles. The molecule has 0 rings (SSSR count). The summed E-state index contributed by atoms with van der Waals surface area (Å²) in [7, 11) is 0. The second-order valence-electron chi connectivity index (χ2n) is 24.1. The van der Waals surface area contributed by atoms with E-state index in [4.69, 9.17) is 14.2 Å². The van der Waals surface area contributed by atoms with Crippen LogP contribution in [0.3, 0.4) is 0 Å². The van der Waals surface area contributed by atoms with E-state index < -0.39 is 6.10 Å². The summed E-state index contributed by atoms with van der Waals surface area (Å²) in [4.78, 5) is 38.5. The van der Waals surface area contributed by atoms with Gasteiger partial charge in [0.15, 0.2) is 6.10 Å². The Balaban J connectivity index is 4.35. The number of hydrogen-bond acceptors (Lipinski definition) is 6. The summed E-state index contributed by atoms with van der Waals surface area (Å²) in [6, 6.07) is 0. The van der Waals surface area contributed by atoms with Gasteiger partial charge in [-0.15, -0.1) is 0 Å². The molecule has 0 aliphatic heterocycles. The molecular formula is C74H136O6. The van der Waals surface area contributed by atoms with Gasteiger partial charge in [-0.2, -0.15) is 0 Å². The summed E-state index contributed by atoms with van der Waals surface area (Å²) in [6.07, 6.45) is 87.0. The zero-order chi connectivity index (χ0) is 57.8. The number of carbonyl (C=O) groups excluding carboxylic acids is 3. The van der Waals surface area contributed by atoms with Crippen LogP contribution in [-0.4, -0.2) is 37.2 Å². The lowest BCUT2D eigenvalue weighted by atomic mass is 10.0. The van der Waals surface area contributed by atoms with Crippen LogP contribution in [0.1, 0.15) is 387 Å². The number of carbonyl (C=O) groups is 3. The quantitative estimate of drug-likeness (QED) is 0.0261. The average molecular weight is 1120 g/mol. The summed E-state index contributed by atoms with van der Waals surface area (Å²) in [5, 5.41) is 0. The third-order valence-electron chi connectivity index (χ3n) is 16.1. The predicted molar refractivity (Wildman–Crippen MR) is 349 cm³/mol. The first-order chi connectivity index (χ1) is 39.5. The van der Waals surface area contributed by atoms with Gasteiger partial charge in [-0.05, 0) is 83.5 Å². The van der Waals surface area contributed by atoms with Gasteiger partial charge in [0.25, 0.3) is 0 Å². The lowest BCUT2D eigenvalue weighted by Gasteiger charge is -2.18. The van der Waals surface area contributed by atoms with Crippen molar-refractivity contribution in [1.29, 1.82) is 0 Å². The number of allylic oxidation sites excluding steroid dienone is 8. The smallest absolute Gasteiger partial charge is 0.306 e. The third kappa shape index (κ3) is 66.2. The van der Waals surface area contributed by atoms with Gasteiger partial charge in [0.05, 0.1) is 0 Å². The summed E-state index contributed by atoms with van der Waals surface area (Å²) in [5.41, 5.74) is 0. The SMILES string of the molecule is CCCCCCC/C=C\C/C=C\CCCCCCCCCCCC(=O)OCC(COC(=O)CCCCCCCCCCCCCCCCCCCCCC)OC(=O)CCCCCCCCCCC/C=C\C/C=C\CCCCCCC. The van der Waals surface area contributed by atoms with Crippen LogP contribution in [0.2, 0.25) is 0 Å². The molecule has 0 aliphatic carbocycles. The van der Waals surface area contributed by atoms with Crippen molar-refractivity contribution < 1.29 is 28.6 Å². The van der Waals surface area contributed by atoms with E-state index in [2.05, 4.69) is 69.4 Å². The van der Waals surface area contributed by atoms with Crippen LogP contribution in [0, 0.1) is 0 Å². The predicted octanol–water partition coefficient (Wildman–Crippen LogP) is 24.5. The van der Waals surface area contributed by atoms with E-state index in [-0.39, 0.29) is 31.1 Å². The van der Waals surface area contributed by atoms with Gasteiger partial charge >= 0.3 is 17.9 Å². The molecule has 468 valence electrons. The Morgan fingerprint density at radius 2 is 0.450 bits per heavy atom. The monoisotopic (exact) mass is 1120 g/mol. The minimum absolute atomic E-state index is 0.0718. The molecule has 0 aromatic heterocycles. The van der Waals surface area contributed by atoms with Gasteiger partial charge in [0, 0.05) is 19.3 Å². The van der Waals surface area contributed by atoms with Crippen LogP contribution in [0.4, 0.5) is 0 Å².